The summed E-state index contributed by atoms with van der Waals surface area (Å²) in [4.78, 5) is 45.1. The van der Waals surface area contributed by atoms with Crippen LogP contribution in [-0.2, 0) is 0 Å². The van der Waals surface area contributed by atoms with Crippen molar-refractivity contribution >= 4 is 17.1 Å². The predicted octanol–water partition coefficient (Wildman–Crippen LogP) is 0.408. The van der Waals surface area contributed by atoms with E-state index in [1.807, 2.05) is 0 Å². The molecule has 0 spiro atoms. The normalized spacial score (nSPS) is 12.0. The number of rotatable bonds is 0. The van der Waals surface area contributed by atoms with Crippen LogP contribution in [0.4, 0.5) is 0 Å². The van der Waals surface area contributed by atoms with E-state index in [4.69, 9.17) is 0 Å². The zero-order valence-electron chi connectivity index (χ0n) is 10.6. The predicted molar refractivity (Wildman–Crippen MR) is 65.8 cm³/mol. The first kappa shape index (κ1) is 12.3. The molecule has 0 aliphatic heterocycles. The number of carbonyl (C=O) groups excluding carboxylic acids is 1. The monoisotopic (exact) mass is 250 g/mol. The Morgan fingerprint density at radius 1 is 1.22 bits per heavy atom. The van der Waals surface area contributed by atoms with Gasteiger partial charge in [0.05, 0.1) is 0 Å². The highest BCUT2D eigenvalue weighted by Gasteiger charge is 2.27. The molecule has 0 fully saturated rings. The molecule has 0 radical (unpaired) electrons. The third kappa shape index (κ3) is 1.77. The Balaban J connectivity index is 2.84. The second-order valence-electron chi connectivity index (χ2n) is 5.17. The van der Waals surface area contributed by atoms with Crippen molar-refractivity contribution in [1.29, 1.82) is 0 Å². The lowest BCUT2D eigenvalue weighted by molar-refractivity contribution is 0.0756. The van der Waals surface area contributed by atoms with Gasteiger partial charge in [-0.2, -0.15) is 4.57 Å². The molecule has 0 atom stereocenters. The van der Waals surface area contributed by atoms with Crippen molar-refractivity contribution in [1.82, 2.24) is 19.5 Å². The van der Waals surface area contributed by atoms with Gasteiger partial charge in [-0.3, -0.25) is 14.6 Å². The fraction of sp³-hybridized carbons (Fsp3) is 0.455. The van der Waals surface area contributed by atoms with Crippen molar-refractivity contribution in [2.24, 2.45) is 5.41 Å². The summed E-state index contributed by atoms with van der Waals surface area (Å²) in [6.07, 6.45) is 0. The van der Waals surface area contributed by atoms with Crippen LogP contribution >= 0.6 is 0 Å². The van der Waals surface area contributed by atoms with Gasteiger partial charge in [0, 0.05) is 5.41 Å². The molecule has 2 aromatic heterocycles. The number of nitrogens with zero attached hydrogens (tertiary/aromatic N) is 2. The summed E-state index contributed by atoms with van der Waals surface area (Å²) in [6.45, 7) is 6.59. The molecule has 2 heterocycles. The zero-order chi connectivity index (χ0) is 13.7. The molecule has 2 aromatic rings. The molecular weight excluding hydrogens is 236 g/mol. The minimum absolute atomic E-state index is 0.129. The molecule has 7 heteroatoms. The fourth-order valence-electron chi connectivity index (χ4n) is 1.62. The van der Waals surface area contributed by atoms with Crippen LogP contribution in [0.25, 0.3) is 11.2 Å². The molecule has 0 aliphatic carbocycles. The van der Waals surface area contributed by atoms with Crippen molar-refractivity contribution in [3.63, 3.8) is 0 Å². The van der Waals surface area contributed by atoms with E-state index in [0.29, 0.717) is 10.4 Å². The van der Waals surface area contributed by atoms with Crippen LogP contribution in [0.1, 0.15) is 31.4 Å². The molecule has 2 rings (SSSR count). The van der Waals surface area contributed by atoms with Gasteiger partial charge in [0.25, 0.3) is 5.56 Å². The molecule has 96 valence electrons. The number of aromatic nitrogens is 4. The average Bonchev–Trinajstić information content (AvgIpc) is 2.57. The molecule has 7 nitrogen and oxygen atoms in total. The minimum Gasteiger partial charge on any atom is -0.336 e. The number of aromatic amines is 2. The number of hydrogen-bond acceptors (Lipinski definition) is 4. The standard InChI is InChI=1S/C11H14N4O3/c1-5-12-6-7(13-5)14-10(18)15(8(6)16)9(17)11(2,3)4/h1-4H3,(H,12,13)(H,14,18). The number of hydrogen-bond donors (Lipinski definition) is 2. The van der Waals surface area contributed by atoms with Crippen LogP contribution in [0, 0.1) is 12.3 Å². The SMILES string of the molecule is Cc1nc2[nH]c(=O)n(C(=O)C(C)(C)C)c(=O)c2[nH]1. The number of H-pyrrole nitrogens is 2. The molecule has 0 aliphatic rings. The topological polar surface area (TPSA) is 101 Å². The summed E-state index contributed by atoms with van der Waals surface area (Å²) in [5, 5.41) is 0. The van der Waals surface area contributed by atoms with E-state index >= 15 is 0 Å². The lowest BCUT2D eigenvalue weighted by Crippen LogP contribution is -2.44. The van der Waals surface area contributed by atoms with E-state index in [1.54, 1.807) is 27.7 Å². The first-order valence-electron chi connectivity index (χ1n) is 5.48. The highest BCUT2D eigenvalue weighted by molar-refractivity contribution is 5.85. The first-order chi connectivity index (χ1) is 8.21. The van der Waals surface area contributed by atoms with Gasteiger partial charge < -0.3 is 4.98 Å². The highest BCUT2D eigenvalue weighted by Crippen LogP contribution is 2.14. The van der Waals surface area contributed by atoms with Gasteiger partial charge in [0.1, 0.15) is 11.3 Å². The minimum atomic E-state index is -0.820. The van der Waals surface area contributed by atoms with Crippen molar-refractivity contribution < 1.29 is 4.79 Å². The average molecular weight is 250 g/mol. The van der Waals surface area contributed by atoms with E-state index < -0.39 is 22.6 Å². The van der Waals surface area contributed by atoms with Crippen LogP contribution in [-0.4, -0.2) is 25.4 Å². The van der Waals surface area contributed by atoms with E-state index in [9.17, 15) is 14.4 Å². The second-order valence-corrected chi connectivity index (χ2v) is 5.17. The third-order valence-corrected chi connectivity index (χ3v) is 2.51. The lowest BCUT2D eigenvalue weighted by Gasteiger charge is -2.16. The van der Waals surface area contributed by atoms with Crippen LogP contribution in [0.3, 0.4) is 0 Å². The summed E-state index contributed by atoms with van der Waals surface area (Å²) >= 11 is 0. The van der Waals surface area contributed by atoms with E-state index in [2.05, 4.69) is 15.0 Å². The van der Waals surface area contributed by atoms with Gasteiger partial charge >= 0.3 is 5.69 Å². The van der Waals surface area contributed by atoms with Crippen molar-refractivity contribution in [2.75, 3.05) is 0 Å². The molecule has 0 aromatic carbocycles. The number of nitrogens with one attached hydrogen (secondary N) is 2. The Kier molecular flexibility index (Phi) is 2.50. The highest BCUT2D eigenvalue weighted by atomic mass is 16.2. The number of imidazole rings is 1. The summed E-state index contributed by atoms with van der Waals surface area (Å²) in [6, 6.07) is 0. The maximum absolute atomic E-state index is 12.1. The maximum Gasteiger partial charge on any atom is 0.337 e. The maximum atomic E-state index is 12.1. The van der Waals surface area contributed by atoms with Crippen molar-refractivity contribution in [2.45, 2.75) is 27.7 Å². The Morgan fingerprint density at radius 3 is 2.39 bits per heavy atom. The van der Waals surface area contributed by atoms with E-state index in [0.717, 1.165) is 0 Å². The van der Waals surface area contributed by atoms with Gasteiger partial charge in [-0.05, 0) is 6.92 Å². The smallest absolute Gasteiger partial charge is 0.336 e. The Bertz CT molecular complexity index is 742. The van der Waals surface area contributed by atoms with E-state index in [-0.39, 0.29) is 11.2 Å². The van der Waals surface area contributed by atoms with Gasteiger partial charge in [-0.25, -0.2) is 9.78 Å². The van der Waals surface area contributed by atoms with Crippen molar-refractivity contribution in [3.05, 3.63) is 26.7 Å². The van der Waals surface area contributed by atoms with Gasteiger partial charge in [-0.15, -0.1) is 0 Å². The van der Waals surface area contributed by atoms with E-state index in [1.165, 1.54) is 0 Å². The second kappa shape index (κ2) is 3.66. The summed E-state index contributed by atoms with van der Waals surface area (Å²) < 4.78 is 0.611. The van der Waals surface area contributed by atoms with Gasteiger partial charge in [0.2, 0.25) is 5.91 Å². The van der Waals surface area contributed by atoms with Crippen LogP contribution in [0.5, 0.6) is 0 Å². The van der Waals surface area contributed by atoms with Crippen LogP contribution in [0.15, 0.2) is 9.59 Å². The Labute approximate surface area is 102 Å². The fourth-order valence-corrected chi connectivity index (χ4v) is 1.62. The number of aryl methyl sites for hydroxylation is 1. The van der Waals surface area contributed by atoms with Crippen LogP contribution < -0.4 is 11.2 Å². The molecule has 0 saturated heterocycles. The Hall–Kier alpha value is -2.18. The number of carbonyl (C=O) groups is 1. The Morgan fingerprint density at radius 2 is 1.83 bits per heavy atom. The first-order valence-corrected chi connectivity index (χ1v) is 5.48. The molecule has 2 N–H and O–H groups in total. The molecule has 0 saturated carbocycles. The zero-order valence-corrected chi connectivity index (χ0v) is 10.6. The third-order valence-electron chi connectivity index (χ3n) is 2.51. The molecular formula is C11H14N4O3. The summed E-state index contributed by atoms with van der Waals surface area (Å²) in [7, 11) is 0. The largest absolute Gasteiger partial charge is 0.337 e. The van der Waals surface area contributed by atoms with Gasteiger partial charge in [0.15, 0.2) is 5.65 Å². The number of fused-ring (bicyclic) bond motifs is 1. The lowest BCUT2D eigenvalue weighted by atomic mass is 9.95. The van der Waals surface area contributed by atoms with Crippen LogP contribution in [0.2, 0.25) is 0 Å². The van der Waals surface area contributed by atoms with Gasteiger partial charge in [-0.1, -0.05) is 20.8 Å². The quantitative estimate of drug-likeness (QED) is 0.707. The summed E-state index contributed by atoms with van der Waals surface area (Å²) in [5.41, 5.74) is -1.96. The van der Waals surface area contributed by atoms with Crippen molar-refractivity contribution in [3.8, 4) is 0 Å². The molecule has 0 unspecified atom stereocenters. The summed E-state index contributed by atoms with van der Waals surface area (Å²) in [5.74, 6) is -0.0541. The molecule has 0 bridgehead atoms. The molecule has 0 amide bonds. The molecule has 18 heavy (non-hydrogen) atoms.